The number of nitrogens with zero attached hydrogens (tertiary/aromatic N) is 2. The minimum Gasteiger partial charge on any atom is -0.370 e. The fourth-order valence-corrected chi connectivity index (χ4v) is 2.26. The number of nitriles is 1. The lowest BCUT2D eigenvalue weighted by molar-refractivity contribution is 0.310. The van der Waals surface area contributed by atoms with Crippen LogP contribution in [-0.4, -0.2) is 13.1 Å². The lowest BCUT2D eigenvalue weighted by atomic mass is 9.88. The second-order valence-corrected chi connectivity index (χ2v) is 5.09. The highest BCUT2D eigenvalue weighted by molar-refractivity contribution is 6.33. The third kappa shape index (κ3) is 2.01. The average molecular weight is 235 g/mol. The number of hydrogen-bond acceptors (Lipinski definition) is 2. The molecule has 1 aliphatic rings. The SMILES string of the molecule is CC(C)C1CN(c2ccc(C#N)cc2Cl)C1. The monoisotopic (exact) mass is 234 g/mol. The van der Waals surface area contributed by atoms with Gasteiger partial charge in [0, 0.05) is 13.1 Å². The van der Waals surface area contributed by atoms with E-state index in [2.05, 4.69) is 24.8 Å². The van der Waals surface area contributed by atoms with Crippen molar-refractivity contribution in [3.8, 4) is 6.07 Å². The maximum atomic E-state index is 8.76. The Morgan fingerprint density at radius 3 is 2.62 bits per heavy atom. The first-order chi connectivity index (χ1) is 7.61. The molecule has 0 N–H and O–H groups in total. The van der Waals surface area contributed by atoms with Gasteiger partial charge in [0.2, 0.25) is 0 Å². The van der Waals surface area contributed by atoms with Crippen molar-refractivity contribution in [1.82, 2.24) is 0 Å². The summed E-state index contributed by atoms with van der Waals surface area (Å²) in [5.41, 5.74) is 1.67. The maximum absolute atomic E-state index is 8.76. The molecule has 3 heteroatoms. The molecule has 0 amide bonds. The van der Waals surface area contributed by atoms with Crippen molar-refractivity contribution in [3.05, 3.63) is 28.8 Å². The second kappa shape index (κ2) is 4.35. The van der Waals surface area contributed by atoms with Crippen LogP contribution in [0, 0.1) is 23.2 Å². The van der Waals surface area contributed by atoms with Crippen LogP contribution in [-0.2, 0) is 0 Å². The molecule has 1 aromatic rings. The summed E-state index contributed by atoms with van der Waals surface area (Å²) in [5, 5.41) is 9.44. The van der Waals surface area contributed by atoms with E-state index >= 15 is 0 Å². The lowest BCUT2D eigenvalue weighted by Crippen LogP contribution is -2.49. The molecule has 0 spiro atoms. The Labute approximate surface area is 101 Å². The zero-order valence-corrected chi connectivity index (χ0v) is 10.3. The number of hydrogen-bond donors (Lipinski definition) is 0. The van der Waals surface area contributed by atoms with Gasteiger partial charge in [-0.1, -0.05) is 25.4 Å². The van der Waals surface area contributed by atoms with Gasteiger partial charge in [-0.2, -0.15) is 5.26 Å². The van der Waals surface area contributed by atoms with Crippen molar-refractivity contribution in [2.45, 2.75) is 13.8 Å². The number of halogens is 1. The van der Waals surface area contributed by atoms with E-state index in [1.165, 1.54) is 0 Å². The second-order valence-electron chi connectivity index (χ2n) is 4.69. The van der Waals surface area contributed by atoms with Gasteiger partial charge in [0.1, 0.15) is 0 Å². The van der Waals surface area contributed by atoms with Crippen molar-refractivity contribution >= 4 is 17.3 Å². The molecule has 0 aromatic heterocycles. The fraction of sp³-hybridized carbons (Fsp3) is 0.462. The summed E-state index contributed by atoms with van der Waals surface area (Å²) in [7, 11) is 0. The van der Waals surface area contributed by atoms with Gasteiger partial charge in [0.05, 0.1) is 22.3 Å². The first-order valence-electron chi connectivity index (χ1n) is 5.56. The largest absolute Gasteiger partial charge is 0.370 e. The van der Waals surface area contributed by atoms with Gasteiger partial charge >= 0.3 is 0 Å². The molecule has 0 bridgehead atoms. The molecule has 0 saturated carbocycles. The summed E-state index contributed by atoms with van der Waals surface area (Å²) >= 11 is 6.15. The van der Waals surface area contributed by atoms with Gasteiger partial charge in [0.15, 0.2) is 0 Å². The van der Waals surface area contributed by atoms with E-state index in [1.54, 1.807) is 6.07 Å². The Hall–Kier alpha value is -1.20. The van der Waals surface area contributed by atoms with Crippen LogP contribution >= 0.6 is 11.6 Å². The van der Waals surface area contributed by atoms with E-state index in [-0.39, 0.29) is 0 Å². The number of anilines is 1. The van der Waals surface area contributed by atoms with E-state index in [4.69, 9.17) is 16.9 Å². The number of benzene rings is 1. The maximum Gasteiger partial charge on any atom is 0.0992 e. The van der Waals surface area contributed by atoms with Gasteiger partial charge in [-0.05, 0) is 30.0 Å². The molecule has 1 aliphatic heterocycles. The fourth-order valence-electron chi connectivity index (χ4n) is 1.96. The minimum absolute atomic E-state index is 0.620. The highest BCUT2D eigenvalue weighted by Crippen LogP contribution is 2.34. The lowest BCUT2D eigenvalue weighted by Gasteiger charge is -2.43. The van der Waals surface area contributed by atoms with Crippen molar-refractivity contribution < 1.29 is 0 Å². The third-order valence-corrected chi connectivity index (χ3v) is 3.57. The quantitative estimate of drug-likeness (QED) is 0.785. The van der Waals surface area contributed by atoms with Gasteiger partial charge in [-0.15, -0.1) is 0 Å². The van der Waals surface area contributed by atoms with Crippen LogP contribution in [0.4, 0.5) is 5.69 Å². The van der Waals surface area contributed by atoms with E-state index in [0.29, 0.717) is 10.6 Å². The molecular weight excluding hydrogens is 220 g/mol. The predicted molar refractivity (Wildman–Crippen MR) is 66.7 cm³/mol. The number of rotatable bonds is 2. The smallest absolute Gasteiger partial charge is 0.0992 e. The molecule has 1 heterocycles. The molecule has 1 saturated heterocycles. The summed E-state index contributed by atoms with van der Waals surface area (Å²) in [5.74, 6) is 1.50. The first kappa shape index (κ1) is 11.3. The summed E-state index contributed by atoms with van der Waals surface area (Å²) in [6, 6.07) is 7.59. The normalized spacial score (nSPS) is 16.1. The standard InChI is InChI=1S/C13H15ClN2/c1-9(2)11-7-16(8-11)13-4-3-10(6-15)5-12(13)14/h3-5,9,11H,7-8H2,1-2H3. The molecule has 0 aliphatic carbocycles. The summed E-state index contributed by atoms with van der Waals surface area (Å²) < 4.78 is 0. The van der Waals surface area contributed by atoms with Crippen LogP contribution in [0.25, 0.3) is 0 Å². The molecule has 16 heavy (non-hydrogen) atoms. The molecule has 2 nitrogen and oxygen atoms in total. The van der Waals surface area contributed by atoms with Gasteiger partial charge in [-0.3, -0.25) is 0 Å². The topological polar surface area (TPSA) is 27.0 Å². The Morgan fingerprint density at radius 2 is 2.12 bits per heavy atom. The zero-order valence-electron chi connectivity index (χ0n) is 9.57. The zero-order chi connectivity index (χ0) is 11.7. The van der Waals surface area contributed by atoms with Crippen LogP contribution in [0.5, 0.6) is 0 Å². The van der Waals surface area contributed by atoms with Gasteiger partial charge < -0.3 is 4.90 Å². The van der Waals surface area contributed by atoms with E-state index in [9.17, 15) is 0 Å². The van der Waals surface area contributed by atoms with E-state index in [0.717, 1.165) is 30.6 Å². The van der Waals surface area contributed by atoms with Crippen LogP contribution in [0.3, 0.4) is 0 Å². The van der Waals surface area contributed by atoms with Crippen molar-refractivity contribution in [2.24, 2.45) is 11.8 Å². The van der Waals surface area contributed by atoms with E-state index < -0.39 is 0 Å². The van der Waals surface area contributed by atoms with Gasteiger partial charge in [0.25, 0.3) is 0 Å². The Balaban J connectivity index is 2.10. The molecule has 0 radical (unpaired) electrons. The molecule has 0 unspecified atom stereocenters. The van der Waals surface area contributed by atoms with Crippen LogP contribution in [0.1, 0.15) is 19.4 Å². The highest BCUT2D eigenvalue weighted by atomic mass is 35.5. The molecule has 1 aromatic carbocycles. The summed E-state index contributed by atoms with van der Waals surface area (Å²) in [6.07, 6.45) is 0. The Morgan fingerprint density at radius 1 is 1.44 bits per heavy atom. The minimum atomic E-state index is 0.620. The Kier molecular flexibility index (Phi) is 3.07. The Bertz CT molecular complexity index is 428. The summed E-state index contributed by atoms with van der Waals surface area (Å²) in [4.78, 5) is 2.27. The highest BCUT2D eigenvalue weighted by Gasteiger charge is 2.30. The van der Waals surface area contributed by atoms with Gasteiger partial charge in [-0.25, -0.2) is 0 Å². The molecule has 2 rings (SSSR count). The third-order valence-electron chi connectivity index (χ3n) is 3.27. The van der Waals surface area contributed by atoms with Crippen LogP contribution in [0.15, 0.2) is 18.2 Å². The molecule has 0 atom stereocenters. The van der Waals surface area contributed by atoms with Crippen LogP contribution in [0.2, 0.25) is 5.02 Å². The van der Waals surface area contributed by atoms with Crippen molar-refractivity contribution in [3.63, 3.8) is 0 Å². The average Bonchev–Trinajstić information content (AvgIpc) is 2.17. The van der Waals surface area contributed by atoms with E-state index in [1.807, 2.05) is 12.1 Å². The molecule has 1 fully saturated rings. The van der Waals surface area contributed by atoms with Crippen molar-refractivity contribution in [2.75, 3.05) is 18.0 Å². The molecular formula is C13H15ClN2. The van der Waals surface area contributed by atoms with Crippen LogP contribution < -0.4 is 4.90 Å². The molecule has 84 valence electrons. The summed E-state index contributed by atoms with van der Waals surface area (Å²) in [6.45, 7) is 6.65. The van der Waals surface area contributed by atoms with Crippen molar-refractivity contribution in [1.29, 1.82) is 5.26 Å². The predicted octanol–water partition coefficient (Wildman–Crippen LogP) is 3.30. The first-order valence-corrected chi connectivity index (χ1v) is 5.94.